The second kappa shape index (κ2) is 7.95. The minimum absolute atomic E-state index is 0.276. The molecule has 1 N–H and O–H groups in total. The van der Waals surface area contributed by atoms with E-state index >= 15 is 0 Å². The van der Waals surface area contributed by atoms with Gasteiger partial charge in [0.05, 0.1) is 5.39 Å². The molecule has 0 aliphatic heterocycles. The molecule has 4 aromatic rings. The maximum Gasteiger partial charge on any atom is 0.573 e. The van der Waals surface area contributed by atoms with Gasteiger partial charge in [-0.2, -0.15) is 0 Å². The Morgan fingerprint density at radius 1 is 0.967 bits per heavy atom. The summed E-state index contributed by atoms with van der Waals surface area (Å²) >= 11 is 1.52. The Morgan fingerprint density at radius 3 is 2.30 bits per heavy atom. The molecule has 8 heteroatoms. The zero-order valence-corrected chi connectivity index (χ0v) is 17.0. The summed E-state index contributed by atoms with van der Waals surface area (Å²) in [6.07, 6.45) is -3.25. The van der Waals surface area contributed by atoms with E-state index in [1.807, 2.05) is 5.38 Å². The maximum atomic E-state index is 12.3. The number of benzene rings is 2. The Morgan fingerprint density at radius 2 is 1.67 bits per heavy atom. The van der Waals surface area contributed by atoms with Crippen molar-refractivity contribution in [2.45, 2.75) is 26.1 Å². The summed E-state index contributed by atoms with van der Waals surface area (Å²) in [6, 6.07) is 13.9. The van der Waals surface area contributed by atoms with E-state index in [2.05, 4.69) is 58.1 Å². The standard InChI is InChI=1S/C22H18F3N3OS/c1-13(2)14-3-5-15(6-4-14)18-11-30-21-19(18)20(26-12-27-21)28-16-7-9-17(10-8-16)29-22(23,24)25/h3-13H,1-2H3,(H,26,27,28). The fourth-order valence-electron chi connectivity index (χ4n) is 3.11. The summed E-state index contributed by atoms with van der Waals surface area (Å²) < 4.78 is 41.0. The molecule has 0 bridgehead atoms. The maximum absolute atomic E-state index is 12.3. The number of hydrogen-bond acceptors (Lipinski definition) is 5. The van der Waals surface area contributed by atoms with Gasteiger partial charge in [-0.3, -0.25) is 0 Å². The van der Waals surface area contributed by atoms with E-state index in [9.17, 15) is 13.2 Å². The third-order valence-corrected chi connectivity index (χ3v) is 5.50. The highest BCUT2D eigenvalue weighted by molar-refractivity contribution is 7.17. The Balaban J connectivity index is 1.66. The van der Waals surface area contributed by atoms with E-state index in [4.69, 9.17) is 0 Å². The molecule has 4 nitrogen and oxygen atoms in total. The van der Waals surface area contributed by atoms with Crippen LogP contribution in [0.15, 0.2) is 60.2 Å². The molecule has 0 atom stereocenters. The average Bonchev–Trinajstić information content (AvgIpc) is 3.14. The van der Waals surface area contributed by atoms with Crippen LogP contribution in [0.5, 0.6) is 5.75 Å². The van der Waals surface area contributed by atoms with Crippen LogP contribution < -0.4 is 10.1 Å². The van der Waals surface area contributed by atoms with Crippen LogP contribution in [0.25, 0.3) is 21.3 Å². The number of thiophene rings is 1. The number of alkyl halides is 3. The van der Waals surface area contributed by atoms with Crippen LogP contribution >= 0.6 is 11.3 Å². The van der Waals surface area contributed by atoms with Crippen LogP contribution in [-0.2, 0) is 0 Å². The Bertz CT molecular complexity index is 1150. The van der Waals surface area contributed by atoms with E-state index in [1.54, 1.807) is 0 Å². The van der Waals surface area contributed by atoms with Gasteiger partial charge in [-0.1, -0.05) is 38.1 Å². The van der Waals surface area contributed by atoms with Gasteiger partial charge in [0.1, 0.15) is 22.7 Å². The molecule has 0 aliphatic carbocycles. The van der Waals surface area contributed by atoms with E-state index in [0.717, 1.165) is 21.3 Å². The number of anilines is 2. The normalized spacial score (nSPS) is 11.8. The molecular weight excluding hydrogens is 411 g/mol. The molecule has 0 spiro atoms. The predicted molar refractivity (Wildman–Crippen MR) is 113 cm³/mol. The second-order valence-electron chi connectivity index (χ2n) is 7.03. The number of aromatic nitrogens is 2. The lowest BCUT2D eigenvalue weighted by molar-refractivity contribution is -0.274. The molecule has 2 aromatic carbocycles. The van der Waals surface area contributed by atoms with Crippen LogP contribution in [-0.4, -0.2) is 16.3 Å². The van der Waals surface area contributed by atoms with Crippen molar-refractivity contribution in [2.24, 2.45) is 0 Å². The second-order valence-corrected chi connectivity index (χ2v) is 7.88. The van der Waals surface area contributed by atoms with Gasteiger partial charge in [0.15, 0.2) is 0 Å². The lowest BCUT2D eigenvalue weighted by Gasteiger charge is -2.11. The Labute approximate surface area is 175 Å². The van der Waals surface area contributed by atoms with Gasteiger partial charge in [0, 0.05) is 16.6 Å². The molecule has 0 radical (unpaired) electrons. The Kier molecular flexibility index (Phi) is 5.34. The topological polar surface area (TPSA) is 47.0 Å². The quantitative estimate of drug-likeness (QED) is 0.367. The van der Waals surface area contributed by atoms with Crippen molar-refractivity contribution in [2.75, 3.05) is 5.32 Å². The Hall–Kier alpha value is -3.13. The molecule has 0 amide bonds. The van der Waals surface area contributed by atoms with Crippen molar-refractivity contribution in [3.8, 4) is 16.9 Å². The number of halogens is 3. The highest BCUT2D eigenvalue weighted by Crippen LogP contribution is 2.38. The summed E-state index contributed by atoms with van der Waals surface area (Å²) in [7, 11) is 0. The molecule has 0 fully saturated rings. The van der Waals surface area contributed by atoms with Gasteiger partial charge >= 0.3 is 6.36 Å². The van der Waals surface area contributed by atoms with Crippen LogP contribution in [0.3, 0.4) is 0 Å². The van der Waals surface area contributed by atoms with Crippen molar-refractivity contribution < 1.29 is 17.9 Å². The number of fused-ring (bicyclic) bond motifs is 1. The molecule has 2 heterocycles. The van der Waals surface area contributed by atoms with E-state index in [0.29, 0.717) is 17.4 Å². The molecule has 0 saturated carbocycles. The molecule has 0 saturated heterocycles. The predicted octanol–water partition coefficient (Wildman–Crippen LogP) is 7.12. The van der Waals surface area contributed by atoms with Crippen molar-refractivity contribution in [1.82, 2.24) is 9.97 Å². The van der Waals surface area contributed by atoms with Crippen LogP contribution in [0.4, 0.5) is 24.7 Å². The lowest BCUT2D eigenvalue weighted by atomic mass is 9.99. The smallest absolute Gasteiger partial charge is 0.406 e. The zero-order valence-electron chi connectivity index (χ0n) is 16.2. The molecule has 4 rings (SSSR count). The summed E-state index contributed by atoms with van der Waals surface area (Å²) in [5, 5.41) is 6.09. The van der Waals surface area contributed by atoms with Gasteiger partial charge in [-0.15, -0.1) is 24.5 Å². The monoisotopic (exact) mass is 429 g/mol. The number of rotatable bonds is 5. The average molecular weight is 429 g/mol. The minimum atomic E-state index is -4.72. The molecule has 0 aliphatic rings. The van der Waals surface area contributed by atoms with Crippen molar-refractivity contribution in [3.05, 3.63) is 65.8 Å². The van der Waals surface area contributed by atoms with Gasteiger partial charge in [0.25, 0.3) is 0 Å². The summed E-state index contributed by atoms with van der Waals surface area (Å²) in [4.78, 5) is 9.54. The third kappa shape index (κ3) is 4.38. The first kappa shape index (κ1) is 20.2. The third-order valence-electron chi connectivity index (χ3n) is 4.61. The number of ether oxygens (including phenoxy) is 1. The van der Waals surface area contributed by atoms with Gasteiger partial charge in [-0.25, -0.2) is 9.97 Å². The number of nitrogens with one attached hydrogen (secondary N) is 1. The van der Waals surface area contributed by atoms with E-state index in [-0.39, 0.29) is 5.75 Å². The molecule has 0 unspecified atom stereocenters. The largest absolute Gasteiger partial charge is 0.573 e. The fraction of sp³-hybridized carbons (Fsp3) is 0.182. The molecular formula is C22H18F3N3OS. The fourth-order valence-corrected chi connectivity index (χ4v) is 4.02. The van der Waals surface area contributed by atoms with Gasteiger partial charge in [0.2, 0.25) is 0 Å². The summed E-state index contributed by atoms with van der Waals surface area (Å²) in [5.74, 6) is 0.763. The minimum Gasteiger partial charge on any atom is -0.406 e. The van der Waals surface area contributed by atoms with Gasteiger partial charge < -0.3 is 10.1 Å². The lowest BCUT2D eigenvalue weighted by Crippen LogP contribution is -2.16. The molecule has 30 heavy (non-hydrogen) atoms. The highest BCUT2D eigenvalue weighted by atomic mass is 32.1. The van der Waals surface area contributed by atoms with Crippen LogP contribution in [0.2, 0.25) is 0 Å². The first-order chi connectivity index (χ1) is 14.3. The van der Waals surface area contributed by atoms with Crippen molar-refractivity contribution in [3.63, 3.8) is 0 Å². The molecule has 2 aromatic heterocycles. The zero-order chi connectivity index (χ0) is 21.3. The van der Waals surface area contributed by atoms with Crippen molar-refractivity contribution >= 4 is 33.1 Å². The van der Waals surface area contributed by atoms with E-state index < -0.39 is 6.36 Å². The first-order valence-electron chi connectivity index (χ1n) is 9.25. The summed E-state index contributed by atoms with van der Waals surface area (Å²) in [6.45, 7) is 4.30. The SMILES string of the molecule is CC(C)c1ccc(-c2csc3ncnc(Nc4ccc(OC(F)(F)F)cc4)c23)cc1. The molecule has 154 valence electrons. The van der Waals surface area contributed by atoms with Crippen molar-refractivity contribution in [1.29, 1.82) is 0 Å². The van der Waals surface area contributed by atoms with Crippen LogP contribution in [0, 0.1) is 0 Å². The number of hydrogen-bond donors (Lipinski definition) is 1. The van der Waals surface area contributed by atoms with E-state index in [1.165, 1.54) is 47.5 Å². The number of nitrogens with zero attached hydrogens (tertiary/aromatic N) is 2. The highest BCUT2D eigenvalue weighted by Gasteiger charge is 2.31. The summed E-state index contributed by atoms with van der Waals surface area (Å²) in [5.41, 5.74) is 3.91. The van der Waals surface area contributed by atoms with Crippen LogP contribution in [0.1, 0.15) is 25.3 Å². The van der Waals surface area contributed by atoms with Gasteiger partial charge in [-0.05, 0) is 41.3 Å². The first-order valence-corrected chi connectivity index (χ1v) is 10.1.